The average molecular weight is 192 g/mol. The van der Waals surface area contributed by atoms with Gasteiger partial charge in [0.2, 0.25) is 0 Å². The van der Waals surface area contributed by atoms with Gasteiger partial charge in [-0.2, -0.15) is 0 Å². The number of hydrogen-bond donors (Lipinski definition) is 0. The maximum atomic E-state index is 5.73. The molecule has 0 spiro atoms. The second kappa shape index (κ2) is 5.18. The zero-order chi connectivity index (χ0) is 9.35. The van der Waals surface area contributed by atoms with Crippen LogP contribution < -0.4 is 5.46 Å². The molecule has 14 heavy (non-hydrogen) atoms. The molecule has 0 saturated heterocycles. The Labute approximate surface area is 87.4 Å². The quantitative estimate of drug-likeness (QED) is 0.587. The molecule has 0 aliphatic rings. The van der Waals surface area contributed by atoms with Crippen molar-refractivity contribution in [3.8, 4) is 0 Å². The van der Waals surface area contributed by atoms with E-state index < -0.39 is 0 Å². The molecule has 0 fully saturated rings. The normalized spacial score (nSPS) is 10.1. The van der Waals surface area contributed by atoms with Crippen LogP contribution in [-0.4, -0.2) is 18.8 Å². The summed E-state index contributed by atoms with van der Waals surface area (Å²) in [4.78, 5) is 0. The SMILES string of the molecule is [B+2]c1ccc(C(C)(C)C)cc1C.[OH-].[OH-]. The van der Waals surface area contributed by atoms with Crippen molar-refractivity contribution in [3.05, 3.63) is 29.3 Å². The molecule has 3 heteroatoms. The maximum absolute atomic E-state index is 5.73. The molecule has 2 nitrogen and oxygen atoms in total. The predicted octanol–water partition coefficient (Wildman–Crippen LogP) is 1.73. The van der Waals surface area contributed by atoms with Crippen molar-refractivity contribution >= 4 is 13.3 Å². The summed E-state index contributed by atoms with van der Waals surface area (Å²) in [5, 5.41) is 0. The van der Waals surface area contributed by atoms with Gasteiger partial charge in [0.15, 0.2) is 0 Å². The van der Waals surface area contributed by atoms with Crippen LogP contribution in [0.5, 0.6) is 0 Å². The van der Waals surface area contributed by atoms with E-state index in [1.54, 1.807) is 0 Å². The molecule has 0 amide bonds. The van der Waals surface area contributed by atoms with Gasteiger partial charge >= 0.3 is 75.7 Å². The number of rotatable bonds is 0. The summed E-state index contributed by atoms with van der Waals surface area (Å²) in [6, 6.07) is 6.24. The molecule has 2 N–H and O–H groups in total. The molecular formula is C11H17BO2. The van der Waals surface area contributed by atoms with Gasteiger partial charge in [-0.15, -0.1) is 0 Å². The number of benzene rings is 1. The van der Waals surface area contributed by atoms with E-state index in [0.717, 1.165) is 5.46 Å². The molecule has 0 radical (unpaired) electrons. The monoisotopic (exact) mass is 192 g/mol. The van der Waals surface area contributed by atoms with Gasteiger partial charge < -0.3 is 11.0 Å². The summed E-state index contributed by atoms with van der Waals surface area (Å²) < 4.78 is 0. The standard InChI is InChI=1S/C11H15B.2H2O/c1-8-7-9(11(2,3)4)5-6-10(8)12;;/h5-7H,1-4H3;2*1H2/q+2;;/p-2. The first-order valence-corrected chi connectivity index (χ1v) is 4.28. The minimum Gasteiger partial charge on any atom is -0.870 e. The van der Waals surface area contributed by atoms with Crippen LogP contribution in [-0.2, 0) is 5.41 Å². The second-order valence-electron chi connectivity index (χ2n) is 4.32. The Morgan fingerprint density at radius 2 is 1.57 bits per heavy atom. The molecule has 76 valence electrons. The van der Waals surface area contributed by atoms with Crippen LogP contribution in [0.25, 0.3) is 0 Å². The Bertz CT molecular complexity index is 290. The molecule has 1 aromatic carbocycles. The van der Waals surface area contributed by atoms with Crippen LogP contribution in [0.4, 0.5) is 0 Å². The van der Waals surface area contributed by atoms with Crippen LogP contribution >= 0.6 is 0 Å². The van der Waals surface area contributed by atoms with Crippen LogP contribution in [0.15, 0.2) is 18.2 Å². The van der Waals surface area contributed by atoms with E-state index in [0.29, 0.717) is 0 Å². The van der Waals surface area contributed by atoms with E-state index in [9.17, 15) is 0 Å². The predicted molar refractivity (Wildman–Crippen MR) is 59.1 cm³/mol. The Kier molecular flexibility index (Phi) is 5.79. The van der Waals surface area contributed by atoms with Crippen molar-refractivity contribution in [1.82, 2.24) is 0 Å². The van der Waals surface area contributed by atoms with Crippen molar-refractivity contribution in [3.63, 3.8) is 0 Å². The fourth-order valence-electron chi connectivity index (χ4n) is 1.14. The van der Waals surface area contributed by atoms with Gasteiger partial charge in [0, 0.05) is 0 Å². The van der Waals surface area contributed by atoms with Gasteiger partial charge in [-0.05, 0) is 0 Å². The first-order chi connectivity index (χ1) is 5.41. The number of aryl methyl sites for hydroxylation is 1. The first-order valence-electron chi connectivity index (χ1n) is 4.28. The molecule has 0 aliphatic carbocycles. The minimum absolute atomic E-state index is 0. The Balaban J connectivity index is 0. The zero-order valence-corrected chi connectivity index (χ0v) is 9.20. The van der Waals surface area contributed by atoms with E-state index >= 15 is 0 Å². The topological polar surface area (TPSA) is 60.0 Å². The van der Waals surface area contributed by atoms with E-state index in [1.165, 1.54) is 11.1 Å². The van der Waals surface area contributed by atoms with Crippen molar-refractivity contribution in [2.45, 2.75) is 33.1 Å². The first kappa shape index (κ1) is 15.7. The van der Waals surface area contributed by atoms with Crippen LogP contribution in [0, 0.1) is 6.92 Å². The summed E-state index contributed by atoms with van der Waals surface area (Å²) in [5.41, 5.74) is 3.61. The molecule has 0 unspecified atom stereocenters. The summed E-state index contributed by atoms with van der Waals surface area (Å²) >= 11 is 0. The molecule has 0 atom stereocenters. The Hall–Kier alpha value is -0.795. The second-order valence-corrected chi connectivity index (χ2v) is 4.32. The molecule has 1 aromatic rings. The molecule has 0 aromatic heterocycles. The fraction of sp³-hybridized carbons (Fsp3) is 0.455. The molecule has 1 rings (SSSR count). The van der Waals surface area contributed by atoms with E-state index in [-0.39, 0.29) is 16.4 Å². The number of hydrogen-bond acceptors (Lipinski definition) is 2. The molecule has 0 bridgehead atoms. The summed E-state index contributed by atoms with van der Waals surface area (Å²) in [6.45, 7) is 8.67. The summed E-state index contributed by atoms with van der Waals surface area (Å²) in [7, 11) is 5.73. The van der Waals surface area contributed by atoms with Crippen LogP contribution in [0.1, 0.15) is 31.9 Å². The summed E-state index contributed by atoms with van der Waals surface area (Å²) in [5.74, 6) is 0. The van der Waals surface area contributed by atoms with Crippen molar-refractivity contribution in [1.29, 1.82) is 0 Å². The Morgan fingerprint density at radius 1 is 1.07 bits per heavy atom. The molecule has 0 aliphatic heterocycles. The van der Waals surface area contributed by atoms with Crippen molar-refractivity contribution in [2.24, 2.45) is 0 Å². The fourth-order valence-corrected chi connectivity index (χ4v) is 1.14. The van der Waals surface area contributed by atoms with E-state index in [2.05, 4.69) is 32.9 Å². The smallest absolute Gasteiger partial charge is 0.870 e. The third-order valence-corrected chi connectivity index (χ3v) is 2.14. The minimum atomic E-state index is 0. The van der Waals surface area contributed by atoms with Crippen LogP contribution in [0.3, 0.4) is 0 Å². The molecule has 0 saturated carbocycles. The van der Waals surface area contributed by atoms with E-state index in [4.69, 9.17) is 7.85 Å². The zero-order valence-electron chi connectivity index (χ0n) is 9.20. The largest absolute Gasteiger partial charge is 0.870 e. The Morgan fingerprint density at radius 3 is 1.93 bits per heavy atom. The van der Waals surface area contributed by atoms with Gasteiger partial charge in [0.1, 0.15) is 0 Å². The van der Waals surface area contributed by atoms with Gasteiger partial charge in [0.05, 0.1) is 0 Å². The van der Waals surface area contributed by atoms with Gasteiger partial charge in [-0.3, -0.25) is 0 Å². The van der Waals surface area contributed by atoms with Gasteiger partial charge in [-0.1, -0.05) is 0 Å². The molecule has 0 heterocycles. The van der Waals surface area contributed by atoms with Crippen molar-refractivity contribution < 1.29 is 11.0 Å². The van der Waals surface area contributed by atoms with Gasteiger partial charge in [0.25, 0.3) is 0 Å². The van der Waals surface area contributed by atoms with Gasteiger partial charge in [-0.25, -0.2) is 0 Å². The van der Waals surface area contributed by atoms with Crippen LogP contribution in [0.2, 0.25) is 0 Å². The average Bonchev–Trinajstić information content (AvgIpc) is 1.92. The third kappa shape index (κ3) is 3.52. The van der Waals surface area contributed by atoms with E-state index in [1.807, 2.05) is 13.0 Å². The maximum Gasteiger partial charge on any atom is -0.870 e. The molecular weight excluding hydrogens is 175 g/mol. The summed E-state index contributed by atoms with van der Waals surface area (Å²) in [6.07, 6.45) is 0. The van der Waals surface area contributed by atoms with Crippen molar-refractivity contribution in [2.75, 3.05) is 0 Å². The third-order valence-electron chi connectivity index (χ3n) is 2.14.